The zero-order valence-corrected chi connectivity index (χ0v) is 19.8. The van der Waals surface area contributed by atoms with Crippen molar-refractivity contribution >= 4 is 55.6 Å². The summed E-state index contributed by atoms with van der Waals surface area (Å²) in [5.41, 5.74) is 2.35. The molecule has 0 bridgehead atoms. The molecule has 3 rings (SSSR count). The fourth-order valence-electron chi connectivity index (χ4n) is 2.82. The van der Waals surface area contributed by atoms with E-state index in [0.717, 1.165) is 5.56 Å². The molecule has 0 aliphatic carbocycles. The maximum Gasteiger partial charge on any atom is 0.257 e. The van der Waals surface area contributed by atoms with Gasteiger partial charge < -0.3 is 0 Å². The highest BCUT2D eigenvalue weighted by molar-refractivity contribution is 7.89. The third-order valence-corrected chi connectivity index (χ3v) is 7.47. The number of hydrogen-bond acceptors (Lipinski definition) is 6. The highest BCUT2D eigenvalue weighted by Crippen LogP contribution is 2.26. The molecule has 0 aliphatic rings. The fourth-order valence-corrected chi connectivity index (χ4v) is 5.58. The first kappa shape index (κ1) is 24.2. The van der Waals surface area contributed by atoms with Gasteiger partial charge in [-0.15, -0.1) is 34.5 Å². The van der Waals surface area contributed by atoms with Crippen LogP contribution in [-0.2, 0) is 10.0 Å². The number of anilines is 1. The van der Waals surface area contributed by atoms with Crippen LogP contribution in [-0.4, -0.2) is 48.5 Å². The number of thiazole rings is 1. The summed E-state index contributed by atoms with van der Waals surface area (Å²) in [5.74, 6) is -0.114. The lowest BCUT2D eigenvalue weighted by Gasteiger charge is -2.20. The lowest BCUT2D eigenvalue weighted by Crippen LogP contribution is -2.34. The summed E-state index contributed by atoms with van der Waals surface area (Å²) in [7, 11) is -3.76. The first-order chi connectivity index (χ1) is 15.4. The van der Waals surface area contributed by atoms with Crippen molar-refractivity contribution in [2.75, 3.05) is 30.2 Å². The molecular formula is C21H18Cl2N4O3S2. The number of halogens is 2. The molecule has 0 saturated heterocycles. The molecule has 1 N–H and O–H groups in total. The zero-order chi connectivity index (χ0) is 23.1. The molecule has 3 aromatic rings. The van der Waals surface area contributed by atoms with E-state index < -0.39 is 15.9 Å². The average molecular weight is 509 g/mol. The van der Waals surface area contributed by atoms with Gasteiger partial charge in [-0.3, -0.25) is 10.1 Å². The van der Waals surface area contributed by atoms with Gasteiger partial charge in [0.2, 0.25) is 10.0 Å². The Hall–Kier alpha value is -2.48. The lowest BCUT2D eigenvalue weighted by molar-refractivity contribution is 0.102. The maximum atomic E-state index is 12.7. The summed E-state index contributed by atoms with van der Waals surface area (Å²) in [6.07, 6.45) is 0. The van der Waals surface area contributed by atoms with Crippen LogP contribution in [0.3, 0.4) is 0 Å². The molecule has 1 amide bonds. The van der Waals surface area contributed by atoms with Crippen molar-refractivity contribution in [1.29, 1.82) is 5.26 Å². The second-order valence-electron chi connectivity index (χ2n) is 6.49. The Morgan fingerprint density at radius 3 is 2.25 bits per heavy atom. The van der Waals surface area contributed by atoms with Crippen LogP contribution in [0.2, 0.25) is 0 Å². The summed E-state index contributed by atoms with van der Waals surface area (Å²) < 4.78 is 26.7. The smallest absolute Gasteiger partial charge is 0.257 e. The number of sulfonamides is 1. The van der Waals surface area contributed by atoms with E-state index in [1.54, 1.807) is 29.6 Å². The molecule has 2 aromatic carbocycles. The van der Waals surface area contributed by atoms with Crippen molar-refractivity contribution < 1.29 is 13.2 Å². The van der Waals surface area contributed by atoms with Gasteiger partial charge in [0.1, 0.15) is 0 Å². The van der Waals surface area contributed by atoms with E-state index in [0.29, 0.717) is 22.0 Å². The highest BCUT2D eigenvalue weighted by atomic mass is 35.5. The normalized spacial score (nSPS) is 11.3. The zero-order valence-electron chi connectivity index (χ0n) is 16.7. The molecule has 0 aliphatic heterocycles. The second kappa shape index (κ2) is 10.9. The first-order valence-corrected chi connectivity index (χ1v) is 12.8. The number of rotatable bonds is 9. The predicted molar refractivity (Wildman–Crippen MR) is 127 cm³/mol. The summed E-state index contributed by atoms with van der Waals surface area (Å²) in [6.45, 7) is 0.287. The number of nitriles is 1. The number of carbonyl (C=O) groups is 1. The van der Waals surface area contributed by atoms with Crippen molar-refractivity contribution in [1.82, 2.24) is 9.29 Å². The Kier molecular flexibility index (Phi) is 8.23. The van der Waals surface area contributed by atoms with E-state index in [4.69, 9.17) is 28.5 Å². The predicted octanol–water partition coefficient (Wildman–Crippen LogP) is 4.40. The van der Waals surface area contributed by atoms with Crippen LogP contribution in [0.5, 0.6) is 0 Å². The Morgan fingerprint density at radius 1 is 1.06 bits per heavy atom. The van der Waals surface area contributed by atoms with Crippen LogP contribution in [0, 0.1) is 11.3 Å². The van der Waals surface area contributed by atoms with Gasteiger partial charge in [0, 0.05) is 41.4 Å². The largest absolute Gasteiger partial charge is 0.298 e. The third-order valence-electron chi connectivity index (χ3n) is 4.46. The molecule has 0 unspecified atom stereocenters. The molecule has 1 heterocycles. The molecule has 0 radical (unpaired) electrons. The summed E-state index contributed by atoms with van der Waals surface area (Å²) >= 11 is 12.7. The van der Waals surface area contributed by atoms with Crippen LogP contribution in [0.4, 0.5) is 5.13 Å². The van der Waals surface area contributed by atoms with E-state index in [2.05, 4.69) is 16.4 Å². The van der Waals surface area contributed by atoms with Gasteiger partial charge in [-0.25, -0.2) is 13.4 Å². The number of carbonyl (C=O) groups excluding carboxylic acids is 1. The standard InChI is InChI=1S/C21H18Cl2N4O3S2/c22-9-11-27(12-10-23)32(29,30)18-7-5-17(6-8-18)20(28)26-21-25-19(14-31-21)16-3-1-15(13-24)2-4-16/h1-8,14H,9-12H2,(H,25,26,28). The summed E-state index contributed by atoms with van der Waals surface area (Å²) in [6, 6.07) is 14.7. The Labute approximate surface area is 200 Å². The molecule has 166 valence electrons. The Bertz CT molecular complexity index is 1220. The maximum absolute atomic E-state index is 12.7. The van der Waals surface area contributed by atoms with Crippen molar-refractivity contribution in [2.24, 2.45) is 0 Å². The lowest BCUT2D eigenvalue weighted by atomic mass is 10.1. The summed E-state index contributed by atoms with van der Waals surface area (Å²) in [4.78, 5) is 17.0. The molecule has 0 atom stereocenters. The third kappa shape index (κ3) is 5.65. The molecule has 1 aromatic heterocycles. The van der Waals surface area contributed by atoms with Gasteiger partial charge in [-0.1, -0.05) is 12.1 Å². The van der Waals surface area contributed by atoms with Crippen molar-refractivity contribution in [3.05, 3.63) is 65.0 Å². The van der Waals surface area contributed by atoms with Crippen LogP contribution in [0.15, 0.2) is 58.8 Å². The minimum atomic E-state index is -3.76. The minimum Gasteiger partial charge on any atom is -0.298 e. The number of nitrogens with one attached hydrogen (secondary N) is 1. The number of nitrogens with zero attached hydrogens (tertiary/aromatic N) is 3. The molecule has 0 saturated carbocycles. The van der Waals surface area contributed by atoms with Gasteiger partial charge >= 0.3 is 0 Å². The molecule has 7 nitrogen and oxygen atoms in total. The number of benzene rings is 2. The van der Waals surface area contributed by atoms with Crippen LogP contribution in [0.25, 0.3) is 11.3 Å². The van der Waals surface area contributed by atoms with E-state index in [1.807, 2.05) is 0 Å². The van der Waals surface area contributed by atoms with Crippen LogP contribution < -0.4 is 5.32 Å². The molecular weight excluding hydrogens is 491 g/mol. The SMILES string of the molecule is N#Cc1ccc(-c2csc(NC(=O)c3ccc(S(=O)(=O)N(CCCl)CCCl)cc3)n2)cc1. The van der Waals surface area contributed by atoms with Gasteiger partial charge in [0.25, 0.3) is 5.91 Å². The van der Waals surface area contributed by atoms with E-state index >= 15 is 0 Å². The number of alkyl halides is 2. The molecule has 11 heteroatoms. The highest BCUT2D eigenvalue weighted by Gasteiger charge is 2.23. The molecule has 32 heavy (non-hydrogen) atoms. The minimum absolute atomic E-state index is 0.0571. The van der Waals surface area contributed by atoms with E-state index in [-0.39, 0.29) is 29.7 Å². The molecule has 0 fully saturated rings. The van der Waals surface area contributed by atoms with Crippen molar-refractivity contribution in [3.63, 3.8) is 0 Å². The number of hydrogen-bond donors (Lipinski definition) is 1. The van der Waals surface area contributed by atoms with Crippen molar-refractivity contribution in [3.8, 4) is 17.3 Å². The fraction of sp³-hybridized carbons (Fsp3) is 0.190. The van der Waals surface area contributed by atoms with Gasteiger partial charge in [0.15, 0.2) is 5.13 Å². The number of amides is 1. The first-order valence-electron chi connectivity index (χ1n) is 9.38. The quantitative estimate of drug-likeness (QED) is 0.431. The van der Waals surface area contributed by atoms with Gasteiger partial charge in [-0.2, -0.15) is 9.57 Å². The molecule has 0 spiro atoms. The monoisotopic (exact) mass is 508 g/mol. The van der Waals surface area contributed by atoms with Crippen LogP contribution in [0.1, 0.15) is 15.9 Å². The topological polar surface area (TPSA) is 103 Å². The second-order valence-corrected chi connectivity index (χ2v) is 10.0. The van der Waals surface area contributed by atoms with Gasteiger partial charge in [0.05, 0.1) is 22.2 Å². The van der Waals surface area contributed by atoms with E-state index in [1.165, 1.54) is 39.9 Å². The Morgan fingerprint density at radius 2 is 1.69 bits per heavy atom. The number of aromatic nitrogens is 1. The van der Waals surface area contributed by atoms with Gasteiger partial charge in [-0.05, 0) is 36.4 Å². The summed E-state index contributed by atoms with van der Waals surface area (Å²) in [5, 5.41) is 13.8. The van der Waals surface area contributed by atoms with Crippen molar-refractivity contribution in [2.45, 2.75) is 4.90 Å². The van der Waals surface area contributed by atoms with E-state index in [9.17, 15) is 13.2 Å². The van der Waals surface area contributed by atoms with Crippen LogP contribution >= 0.6 is 34.5 Å². The Balaban J connectivity index is 1.71. The average Bonchev–Trinajstić information content (AvgIpc) is 3.27.